The number of carbonyl (C=O) groups is 4. The predicted molar refractivity (Wildman–Crippen MR) is 142 cm³/mol. The summed E-state index contributed by atoms with van der Waals surface area (Å²) < 4.78 is 5.98. The number of fused-ring (bicyclic) bond motifs is 5. The second kappa shape index (κ2) is 8.29. The normalized spacial score (nSPS) is 32.3. The van der Waals surface area contributed by atoms with E-state index in [4.69, 9.17) is 4.74 Å². The average molecular weight is 533 g/mol. The molecule has 3 aliphatic heterocycles. The van der Waals surface area contributed by atoms with Gasteiger partial charge in [0, 0.05) is 29.0 Å². The van der Waals surface area contributed by atoms with Crippen LogP contribution in [0, 0.1) is 35.5 Å². The fourth-order valence-corrected chi connectivity index (χ4v) is 7.73. The summed E-state index contributed by atoms with van der Waals surface area (Å²) in [4.78, 5) is 57.9. The van der Waals surface area contributed by atoms with Crippen molar-refractivity contribution in [1.82, 2.24) is 9.80 Å². The highest BCUT2D eigenvalue weighted by molar-refractivity contribution is 6.08. The highest BCUT2D eigenvalue weighted by Gasteiger charge is 2.64. The Balaban J connectivity index is 1.46. The van der Waals surface area contributed by atoms with Gasteiger partial charge in [-0.25, -0.2) is 0 Å². The van der Waals surface area contributed by atoms with Gasteiger partial charge in [0.05, 0.1) is 29.9 Å². The summed E-state index contributed by atoms with van der Waals surface area (Å²) in [5.41, 5.74) is 1.28. The Morgan fingerprint density at radius 1 is 0.821 bits per heavy atom. The summed E-state index contributed by atoms with van der Waals surface area (Å²) in [6, 6.07) is 4.94. The molecule has 0 bridgehead atoms. The lowest BCUT2D eigenvalue weighted by molar-refractivity contribution is -0.147. The smallest absolute Gasteiger partial charge is 0.234 e. The van der Waals surface area contributed by atoms with Crippen LogP contribution in [0.5, 0.6) is 11.5 Å². The van der Waals surface area contributed by atoms with Crippen LogP contribution in [0.2, 0.25) is 0 Å². The highest BCUT2D eigenvalue weighted by Crippen LogP contribution is 2.58. The number of amides is 4. The van der Waals surface area contributed by atoms with E-state index in [-0.39, 0.29) is 35.3 Å². The minimum absolute atomic E-state index is 0.126. The Labute approximate surface area is 228 Å². The van der Waals surface area contributed by atoms with Gasteiger partial charge >= 0.3 is 0 Å². The van der Waals surface area contributed by atoms with Gasteiger partial charge in [0.25, 0.3) is 0 Å². The van der Waals surface area contributed by atoms with Gasteiger partial charge in [0.1, 0.15) is 11.5 Å². The lowest BCUT2D eigenvalue weighted by Crippen LogP contribution is -2.47. The largest absolute Gasteiger partial charge is 0.508 e. The molecular formula is C31H36N2O6. The van der Waals surface area contributed by atoms with Crippen molar-refractivity contribution in [1.29, 1.82) is 0 Å². The zero-order valence-electron chi connectivity index (χ0n) is 23.4. The van der Waals surface area contributed by atoms with Crippen LogP contribution in [-0.4, -0.2) is 49.6 Å². The van der Waals surface area contributed by atoms with Crippen LogP contribution in [0.3, 0.4) is 0 Å². The Bertz CT molecular complexity index is 1380. The van der Waals surface area contributed by atoms with Crippen LogP contribution in [0.25, 0.3) is 0 Å². The Morgan fingerprint density at radius 3 is 2.08 bits per heavy atom. The molecule has 8 nitrogen and oxygen atoms in total. The third-order valence-electron chi connectivity index (χ3n) is 9.17. The van der Waals surface area contributed by atoms with E-state index < -0.39 is 40.7 Å². The van der Waals surface area contributed by atoms with Crippen LogP contribution >= 0.6 is 0 Å². The summed E-state index contributed by atoms with van der Waals surface area (Å²) in [5.74, 6) is -2.91. The second-order valence-electron chi connectivity index (χ2n) is 13.7. The first-order chi connectivity index (χ1) is 18.2. The first-order valence-corrected chi connectivity index (χ1v) is 13.8. The van der Waals surface area contributed by atoms with Crippen molar-refractivity contribution in [2.45, 2.75) is 71.9 Å². The number of rotatable bonds is 1. The van der Waals surface area contributed by atoms with Crippen molar-refractivity contribution in [3.63, 3.8) is 0 Å². The van der Waals surface area contributed by atoms with Gasteiger partial charge in [-0.3, -0.25) is 29.0 Å². The lowest BCUT2D eigenvalue weighted by atomic mass is 9.56. The Hall–Kier alpha value is -3.42. The van der Waals surface area contributed by atoms with Gasteiger partial charge in [-0.15, -0.1) is 0 Å². The van der Waals surface area contributed by atoms with E-state index in [1.54, 1.807) is 24.5 Å². The van der Waals surface area contributed by atoms with E-state index in [0.29, 0.717) is 25.0 Å². The van der Waals surface area contributed by atoms with E-state index in [1.165, 1.54) is 9.80 Å². The van der Waals surface area contributed by atoms with Gasteiger partial charge in [-0.2, -0.15) is 0 Å². The number of phenols is 1. The number of likely N-dealkylation sites (tertiary alicyclic amines) is 2. The van der Waals surface area contributed by atoms with Crippen molar-refractivity contribution in [2.75, 3.05) is 0 Å². The Kier molecular flexibility index (Phi) is 5.49. The number of carbonyl (C=O) groups excluding carboxylic acids is 4. The van der Waals surface area contributed by atoms with E-state index >= 15 is 0 Å². The number of aromatic hydroxyl groups is 1. The molecule has 1 N–H and O–H groups in total. The van der Waals surface area contributed by atoms with Gasteiger partial charge in [-0.05, 0) is 84.1 Å². The van der Waals surface area contributed by atoms with E-state index in [2.05, 4.69) is 6.08 Å². The molecule has 8 heteroatoms. The highest BCUT2D eigenvalue weighted by atomic mass is 16.5. The summed E-state index contributed by atoms with van der Waals surface area (Å²) in [7, 11) is 0. The maximum Gasteiger partial charge on any atom is 0.234 e. The zero-order valence-corrected chi connectivity index (χ0v) is 23.4. The topological polar surface area (TPSA) is 104 Å². The molecule has 1 aromatic carbocycles. The molecule has 6 rings (SSSR count). The molecule has 39 heavy (non-hydrogen) atoms. The first-order valence-electron chi connectivity index (χ1n) is 13.8. The molecule has 3 fully saturated rings. The lowest BCUT2D eigenvalue weighted by Gasteiger charge is -2.45. The number of ether oxygens (including phenoxy) is 1. The number of imide groups is 2. The molecule has 2 saturated heterocycles. The average Bonchev–Trinajstić information content (AvgIpc) is 3.25. The van der Waals surface area contributed by atoms with Crippen molar-refractivity contribution >= 4 is 23.6 Å². The van der Waals surface area contributed by atoms with Crippen LogP contribution in [0.15, 0.2) is 41.7 Å². The monoisotopic (exact) mass is 532 g/mol. The summed E-state index contributed by atoms with van der Waals surface area (Å²) >= 11 is 0. The standard InChI is InChI=1S/C31H36N2O6/c1-30(2,3)32-26(35)19-9-8-18-20(24(19)28(32)37)13-21-25(29(38)33(27(21)36)31(4,5)6)23(18)16-11-15-12-17(34)7-10-22(15)39-14-16/h7-8,10,12,14,19-21,23-25,34H,9,11,13H2,1-6H3. The van der Waals surface area contributed by atoms with Crippen molar-refractivity contribution < 1.29 is 29.0 Å². The van der Waals surface area contributed by atoms with E-state index in [1.807, 2.05) is 41.5 Å². The number of nitrogens with zero attached hydrogens (tertiary/aromatic N) is 2. The van der Waals surface area contributed by atoms with Gasteiger partial charge in [0.2, 0.25) is 23.6 Å². The van der Waals surface area contributed by atoms with Crippen LogP contribution in [-0.2, 0) is 25.6 Å². The maximum atomic E-state index is 14.0. The number of hydrogen-bond acceptors (Lipinski definition) is 6. The zero-order chi connectivity index (χ0) is 28.2. The molecule has 5 aliphatic rings. The van der Waals surface area contributed by atoms with Gasteiger partial charge < -0.3 is 9.84 Å². The fraction of sp³-hybridized carbons (Fsp3) is 0.548. The SMILES string of the molecule is CC(C)(C)N1C(=O)C2CC=C3C(CC4C(=O)N(C(C)(C)C)C(=O)C4C3C3=COc4ccc(O)cc4C3)C2C1=O. The molecule has 1 aromatic rings. The molecule has 0 radical (unpaired) electrons. The summed E-state index contributed by atoms with van der Waals surface area (Å²) in [6.45, 7) is 11.2. The number of phenolic OH excluding ortho intramolecular Hbond substituents is 1. The quantitative estimate of drug-likeness (QED) is 0.434. The third-order valence-corrected chi connectivity index (χ3v) is 9.17. The minimum atomic E-state index is -0.684. The number of hydrogen-bond donors (Lipinski definition) is 1. The van der Waals surface area contributed by atoms with Gasteiger partial charge in [0.15, 0.2) is 0 Å². The summed E-state index contributed by atoms with van der Waals surface area (Å²) in [5, 5.41) is 10.1. The molecule has 0 aromatic heterocycles. The first kappa shape index (κ1) is 25.8. The van der Waals surface area contributed by atoms with Crippen molar-refractivity contribution in [2.24, 2.45) is 35.5 Å². The third kappa shape index (κ3) is 3.70. The molecule has 1 saturated carbocycles. The Morgan fingerprint density at radius 2 is 1.44 bits per heavy atom. The fourth-order valence-electron chi connectivity index (χ4n) is 7.73. The van der Waals surface area contributed by atoms with Crippen LogP contribution in [0.4, 0.5) is 0 Å². The summed E-state index contributed by atoms with van der Waals surface area (Å²) in [6.07, 6.45) is 4.98. The molecule has 6 unspecified atom stereocenters. The molecular weight excluding hydrogens is 496 g/mol. The molecule has 206 valence electrons. The molecule has 0 spiro atoms. The van der Waals surface area contributed by atoms with E-state index in [0.717, 1.165) is 16.7 Å². The molecule has 2 aliphatic carbocycles. The molecule has 4 amide bonds. The predicted octanol–water partition coefficient (Wildman–Crippen LogP) is 3.98. The second-order valence-corrected chi connectivity index (χ2v) is 13.7. The van der Waals surface area contributed by atoms with Crippen LogP contribution < -0.4 is 4.74 Å². The molecule has 3 heterocycles. The minimum Gasteiger partial charge on any atom is -0.508 e. The van der Waals surface area contributed by atoms with Crippen molar-refractivity contribution in [3.8, 4) is 11.5 Å². The van der Waals surface area contributed by atoms with Crippen molar-refractivity contribution in [3.05, 3.63) is 47.2 Å². The number of benzene rings is 1. The van der Waals surface area contributed by atoms with Gasteiger partial charge in [-0.1, -0.05) is 11.6 Å². The number of allylic oxidation sites excluding steroid dienone is 3. The molecule has 6 atom stereocenters. The van der Waals surface area contributed by atoms with E-state index in [9.17, 15) is 24.3 Å². The van der Waals surface area contributed by atoms with Crippen LogP contribution in [0.1, 0.15) is 59.9 Å². The maximum absolute atomic E-state index is 14.0.